The Hall–Kier alpha value is -2.05. The fourth-order valence-corrected chi connectivity index (χ4v) is 3.66. The summed E-state index contributed by atoms with van der Waals surface area (Å²) in [6, 6.07) is 4.52. The van der Waals surface area contributed by atoms with Gasteiger partial charge in [0.1, 0.15) is 0 Å². The molecule has 1 aromatic rings. The van der Waals surface area contributed by atoms with Gasteiger partial charge in [0.05, 0.1) is 5.56 Å². The summed E-state index contributed by atoms with van der Waals surface area (Å²) < 4.78 is 38.4. The van der Waals surface area contributed by atoms with E-state index < -0.39 is 11.7 Å². The highest BCUT2D eigenvalue weighted by Crippen LogP contribution is 2.38. The van der Waals surface area contributed by atoms with Crippen LogP contribution in [0, 0.1) is 0 Å². The molecule has 3 rings (SSSR count). The molecule has 2 saturated heterocycles. The van der Waals surface area contributed by atoms with Crippen molar-refractivity contribution in [2.24, 2.45) is 0 Å². The first-order valence-corrected chi connectivity index (χ1v) is 7.96. The molecule has 2 aliphatic heterocycles. The minimum atomic E-state index is -4.46. The van der Waals surface area contributed by atoms with Gasteiger partial charge in [-0.15, -0.1) is 0 Å². The summed E-state index contributed by atoms with van der Waals surface area (Å²) in [5.41, 5.74) is -0.957. The van der Waals surface area contributed by atoms with E-state index in [2.05, 4.69) is 0 Å². The van der Waals surface area contributed by atoms with E-state index in [9.17, 15) is 22.8 Å². The molecule has 2 amide bonds. The van der Waals surface area contributed by atoms with Gasteiger partial charge in [-0.2, -0.15) is 13.2 Å². The molecule has 4 nitrogen and oxygen atoms in total. The molecule has 1 aromatic carbocycles. The van der Waals surface area contributed by atoms with Crippen molar-refractivity contribution in [3.05, 3.63) is 35.4 Å². The number of nitrogens with zero attached hydrogens (tertiary/aromatic N) is 2. The highest BCUT2D eigenvalue weighted by atomic mass is 19.4. The lowest BCUT2D eigenvalue weighted by Crippen LogP contribution is -2.52. The quantitative estimate of drug-likeness (QED) is 0.789. The van der Waals surface area contributed by atoms with Crippen molar-refractivity contribution in [3.63, 3.8) is 0 Å². The maximum absolute atomic E-state index is 12.8. The van der Waals surface area contributed by atoms with Gasteiger partial charge in [0.15, 0.2) is 0 Å². The largest absolute Gasteiger partial charge is 0.416 e. The first kappa shape index (κ1) is 16.8. The highest BCUT2D eigenvalue weighted by Gasteiger charge is 2.45. The van der Waals surface area contributed by atoms with Crippen LogP contribution in [0.1, 0.15) is 41.6 Å². The molecular weight excluding hydrogens is 321 g/mol. The number of benzene rings is 1. The Morgan fingerprint density at radius 3 is 2.38 bits per heavy atom. The van der Waals surface area contributed by atoms with Crippen molar-refractivity contribution in [2.75, 3.05) is 20.1 Å². The van der Waals surface area contributed by atoms with Gasteiger partial charge in [0, 0.05) is 37.7 Å². The highest BCUT2D eigenvalue weighted by molar-refractivity contribution is 5.94. The molecule has 2 fully saturated rings. The minimum Gasteiger partial charge on any atom is -0.340 e. The zero-order chi connectivity index (χ0) is 17.5. The fraction of sp³-hybridized carbons (Fsp3) is 0.529. The molecule has 0 atom stereocenters. The molecule has 0 bridgehead atoms. The zero-order valence-electron chi connectivity index (χ0n) is 13.4. The average molecular weight is 340 g/mol. The summed E-state index contributed by atoms with van der Waals surface area (Å²) in [5.74, 6) is -0.268. The zero-order valence-corrected chi connectivity index (χ0v) is 13.4. The van der Waals surface area contributed by atoms with Gasteiger partial charge in [0.25, 0.3) is 5.91 Å². The van der Waals surface area contributed by atoms with E-state index in [-0.39, 0.29) is 22.9 Å². The molecule has 0 N–H and O–H groups in total. The lowest BCUT2D eigenvalue weighted by molar-refractivity contribution is -0.137. The number of likely N-dealkylation sites (tertiary alicyclic amines) is 2. The minimum absolute atomic E-state index is 0.0524. The standard InChI is InChI=1S/C17H19F3N2O2/c1-21-14(23)5-6-16(21)7-9-22(10-8-16)15(24)12-3-2-4-13(11-12)17(18,19)20/h2-4,11H,5-10H2,1H3. The normalized spacial score (nSPS) is 20.8. The molecule has 0 aliphatic carbocycles. The van der Waals surface area contributed by atoms with Crippen molar-refractivity contribution >= 4 is 11.8 Å². The summed E-state index contributed by atoms with van der Waals surface area (Å²) in [7, 11) is 1.79. The Morgan fingerprint density at radius 2 is 1.83 bits per heavy atom. The average Bonchev–Trinajstić information content (AvgIpc) is 2.83. The van der Waals surface area contributed by atoms with Gasteiger partial charge in [-0.25, -0.2) is 0 Å². The second-order valence-electron chi connectivity index (χ2n) is 6.55. The van der Waals surface area contributed by atoms with E-state index >= 15 is 0 Å². The summed E-state index contributed by atoms with van der Waals surface area (Å²) in [6.45, 7) is 0.902. The molecular formula is C17H19F3N2O2. The van der Waals surface area contributed by atoms with Crippen LogP contribution in [0.5, 0.6) is 0 Å². The fourth-order valence-electron chi connectivity index (χ4n) is 3.66. The van der Waals surface area contributed by atoms with Crippen LogP contribution in [0.15, 0.2) is 24.3 Å². The summed E-state index contributed by atoms with van der Waals surface area (Å²) >= 11 is 0. The van der Waals surface area contributed by atoms with E-state index in [0.717, 1.165) is 18.6 Å². The SMILES string of the molecule is CN1C(=O)CCC12CCN(C(=O)c1cccc(C(F)(F)F)c1)CC2. The van der Waals surface area contributed by atoms with Crippen LogP contribution in [0.4, 0.5) is 13.2 Å². The van der Waals surface area contributed by atoms with Crippen LogP contribution < -0.4 is 0 Å². The smallest absolute Gasteiger partial charge is 0.340 e. The van der Waals surface area contributed by atoms with Crippen molar-refractivity contribution < 1.29 is 22.8 Å². The lowest BCUT2D eigenvalue weighted by Gasteiger charge is -2.43. The third-order valence-corrected chi connectivity index (χ3v) is 5.31. The Balaban J connectivity index is 1.71. The molecule has 24 heavy (non-hydrogen) atoms. The number of carbonyl (C=O) groups is 2. The maximum Gasteiger partial charge on any atom is 0.416 e. The number of alkyl halides is 3. The van der Waals surface area contributed by atoms with Crippen molar-refractivity contribution in [2.45, 2.75) is 37.4 Å². The van der Waals surface area contributed by atoms with Crippen LogP contribution in [-0.4, -0.2) is 47.3 Å². The van der Waals surface area contributed by atoms with Gasteiger partial charge in [-0.05, 0) is 37.5 Å². The van der Waals surface area contributed by atoms with E-state index in [1.54, 1.807) is 16.8 Å². The van der Waals surface area contributed by atoms with Gasteiger partial charge >= 0.3 is 6.18 Å². The number of piperidine rings is 1. The molecule has 2 aliphatic rings. The molecule has 0 aromatic heterocycles. The monoisotopic (exact) mass is 340 g/mol. The molecule has 7 heteroatoms. The number of rotatable bonds is 1. The maximum atomic E-state index is 12.8. The van der Waals surface area contributed by atoms with E-state index in [1.807, 2.05) is 0 Å². The van der Waals surface area contributed by atoms with E-state index in [0.29, 0.717) is 32.4 Å². The van der Waals surface area contributed by atoms with Gasteiger partial charge in [-0.1, -0.05) is 6.07 Å². The van der Waals surface area contributed by atoms with E-state index in [1.165, 1.54) is 12.1 Å². The van der Waals surface area contributed by atoms with E-state index in [4.69, 9.17) is 0 Å². The van der Waals surface area contributed by atoms with Crippen molar-refractivity contribution in [1.29, 1.82) is 0 Å². The van der Waals surface area contributed by atoms with Crippen LogP contribution in [0.3, 0.4) is 0 Å². The van der Waals surface area contributed by atoms with Crippen LogP contribution in [0.25, 0.3) is 0 Å². The second-order valence-corrected chi connectivity index (χ2v) is 6.55. The number of halogens is 3. The molecule has 2 heterocycles. The lowest BCUT2D eigenvalue weighted by atomic mass is 9.85. The predicted octanol–water partition coefficient (Wildman–Crippen LogP) is 2.93. The first-order chi connectivity index (χ1) is 11.2. The summed E-state index contributed by atoms with van der Waals surface area (Å²) in [6.07, 6.45) is -1.82. The molecule has 0 saturated carbocycles. The van der Waals surface area contributed by atoms with Crippen molar-refractivity contribution in [3.8, 4) is 0 Å². The Kier molecular flexibility index (Phi) is 4.05. The molecule has 130 valence electrons. The van der Waals surface area contributed by atoms with Crippen LogP contribution in [0.2, 0.25) is 0 Å². The number of hydrogen-bond donors (Lipinski definition) is 0. The third-order valence-electron chi connectivity index (χ3n) is 5.31. The molecule has 1 spiro atoms. The molecule has 0 radical (unpaired) electrons. The van der Waals surface area contributed by atoms with Gasteiger partial charge in [-0.3, -0.25) is 9.59 Å². The molecule has 0 unspecified atom stereocenters. The van der Waals surface area contributed by atoms with Crippen LogP contribution in [-0.2, 0) is 11.0 Å². The van der Waals surface area contributed by atoms with Gasteiger partial charge < -0.3 is 9.80 Å². The first-order valence-electron chi connectivity index (χ1n) is 7.96. The topological polar surface area (TPSA) is 40.6 Å². The Bertz CT molecular complexity index is 664. The summed E-state index contributed by atoms with van der Waals surface area (Å²) in [4.78, 5) is 27.6. The predicted molar refractivity (Wildman–Crippen MR) is 81.3 cm³/mol. The van der Waals surface area contributed by atoms with Gasteiger partial charge in [0.2, 0.25) is 5.91 Å². The number of amides is 2. The second kappa shape index (κ2) is 5.79. The third kappa shape index (κ3) is 2.87. The Morgan fingerprint density at radius 1 is 1.17 bits per heavy atom. The number of carbonyl (C=O) groups excluding carboxylic acids is 2. The van der Waals surface area contributed by atoms with Crippen LogP contribution >= 0.6 is 0 Å². The number of hydrogen-bond acceptors (Lipinski definition) is 2. The van der Waals surface area contributed by atoms with Crippen molar-refractivity contribution in [1.82, 2.24) is 9.80 Å². The Labute approximate surface area is 138 Å². The summed E-state index contributed by atoms with van der Waals surface area (Å²) in [5, 5.41) is 0.